The van der Waals surface area contributed by atoms with Crippen molar-refractivity contribution in [3.8, 4) is 11.5 Å². The minimum Gasteiger partial charge on any atom is -0.508 e. The second-order valence-electron chi connectivity index (χ2n) is 10.3. The molecule has 0 aromatic heterocycles. The number of fused-ring (bicyclic) bond motifs is 3. The van der Waals surface area contributed by atoms with Gasteiger partial charge in [0, 0.05) is 17.4 Å². The number of hydrogen-bond acceptors (Lipinski definition) is 3. The Balaban J connectivity index is 1.85. The van der Waals surface area contributed by atoms with Gasteiger partial charge in [-0.2, -0.15) is 0 Å². The molecule has 2 aliphatic rings. The molecule has 1 unspecified atom stereocenters. The second kappa shape index (κ2) is 8.26. The van der Waals surface area contributed by atoms with E-state index < -0.39 is 0 Å². The predicted octanol–water partition coefficient (Wildman–Crippen LogP) is 6.45. The lowest BCUT2D eigenvalue weighted by molar-refractivity contribution is -0.0318. The Kier molecular flexibility index (Phi) is 6.34. The van der Waals surface area contributed by atoms with Crippen molar-refractivity contribution in [2.75, 3.05) is 0 Å². The summed E-state index contributed by atoms with van der Waals surface area (Å²) in [5.74, 6) is 1.70. The Labute approximate surface area is 171 Å². The third-order valence-electron chi connectivity index (χ3n) is 7.27. The van der Waals surface area contributed by atoms with Gasteiger partial charge >= 0.3 is 0 Å². The van der Waals surface area contributed by atoms with Crippen LogP contribution in [0.25, 0.3) is 0 Å². The molecular weight excluding hydrogens is 348 g/mol. The van der Waals surface area contributed by atoms with Crippen molar-refractivity contribution >= 4 is 0 Å². The number of unbranched alkanes of at least 4 members (excludes halogenated alkanes) is 4. The Morgan fingerprint density at radius 1 is 1.11 bits per heavy atom. The van der Waals surface area contributed by atoms with Crippen molar-refractivity contribution in [2.24, 2.45) is 5.92 Å². The largest absolute Gasteiger partial charge is 0.508 e. The highest BCUT2D eigenvalue weighted by molar-refractivity contribution is 5.53. The molecule has 1 aliphatic heterocycles. The van der Waals surface area contributed by atoms with Crippen molar-refractivity contribution in [3.63, 3.8) is 0 Å². The fraction of sp³-hybridized carbons (Fsp3) is 0.760. The van der Waals surface area contributed by atoms with Gasteiger partial charge in [-0.3, -0.25) is 0 Å². The third kappa shape index (κ3) is 4.35. The maximum atomic E-state index is 11.0. The normalized spacial score (nSPS) is 26.3. The summed E-state index contributed by atoms with van der Waals surface area (Å²) in [5.41, 5.74) is 1.82. The zero-order valence-electron chi connectivity index (χ0n) is 18.6. The maximum absolute atomic E-state index is 11.0. The van der Waals surface area contributed by atoms with E-state index in [2.05, 4.69) is 40.7 Å². The molecular formula is C25H40O3. The van der Waals surface area contributed by atoms with Crippen molar-refractivity contribution in [1.82, 2.24) is 0 Å². The number of hydrogen-bond donors (Lipinski definition) is 2. The molecule has 3 rings (SSSR count). The van der Waals surface area contributed by atoms with Gasteiger partial charge < -0.3 is 14.9 Å². The predicted molar refractivity (Wildman–Crippen MR) is 115 cm³/mol. The first-order valence-corrected chi connectivity index (χ1v) is 11.4. The number of ether oxygens (including phenoxy) is 1. The van der Waals surface area contributed by atoms with Crippen LogP contribution < -0.4 is 4.74 Å². The van der Waals surface area contributed by atoms with E-state index in [9.17, 15) is 10.2 Å². The lowest BCUT2D eigenvalue weighted by Gasteiger charge is -2.48. The van der Waals surface area contributed by atoms with Crippen molar-refractivity contribution in [3.05, 3.63) is 23.3 Å². The van der Waals surface area contributed by atoms with Crippen molar-refractivity contribution in [1.29, 1.82) is 0 Å². The summed E-state index contributed by atoms with van der Waals surface area (Å²) in [6.45, 7) is 11.1. The minimum atomic E-state index is -0.276. The van der Waals surface area contributed by atoms with Gasteiger partial charge in [-0.25, -0.2) is 0 Å². The fourth-order valence-corrected chi connectivity index (χ4v) is 5.43. The maximum Gasteiger partial charge on any atom is 0.127 e. The molecule has 3 heteroatoms. The van der Waals surface area contributed by atoms with E-state index in [1.54, 1.807) is 0 Å². The zero-order valence-corrected chi connectivity index (χ0v) is 18.6. The van der Waals surface area contributed by atoms with Crippen LogP contribution in [0, 0.1) is 5.92 Å². The first-order valence-electron chi connectivity index (χ1n) is 11.4. The zero-order chi connectivity index (χ0) is 20.5. The Hall–Kier alpha value is -1.22. The molecule has 3 nitrogen and oxygen atoms in total. The van der Waals surface area contributed by atoms with Gasteiger partial charge in [0.25, 0.3) is 0 Å². The smallest absolute Gasteiger partial charge is 0.127 e. The number of aromatic hydroxyl groups is 1. The molecule has 1 heterocycles. The molecule has 0 bridgehead atoms. The van der Waals surface area contributed by atoms with E-state index in [-0.39, 0.29) is 23.0 Å². The molecule has 3 atom stereocenters. The lowest BCUT2D eigenvalue weighted by atomic mass is 9.65. The van der Waals surface area contributed by atoms with Crippen LogP contribution in [0.3, 0.4) is 0 Å². The molecule has 1 aromatic carbocycles. The lowest BCUT2D eigenvalue weighted by Crippen LogP contribution is -2.47. The molecule has 0 amide bonds. The van der Waals surface area contributed by atoms with Gasteiger partial charge in [0.1, 0.15) is 17.1 Å². The summed E-state index contributed by atoms with van der Waals surface area (Å²) in [7, 11) is 0. The summed E-state index contributed by atoms with van der Waals surface area (Å²) in [6.07, 6.45) is 9.72. The average Bonchev–Trinajstić information content (AvgIpc) is 2.60. The van der Waals surface area contributed by atoms with E-state index in [0.29, 0.717) is 11.7 Å². The van der Waals surface area contributed by atoms with Crippen LogP contribution in [0.4, 0.5) is 0 Å². The molecule has 1 aliphatic carbocycles. The van der Waals surface area contributed by atoms with Gasteiger partial charge in [-0.1, -0.05) is 52.9 Å². The van der Waals surface area contributed by atoms with Crippen molar-refractivity contribution < 1.29 is 14.9 Å². The van der Waals surface area contributed by atoms with E-state index in [1.807, 2.05) is 6.07 Å². The molecule has 1 fully saturated rings. The van der Waals surface area contributed by atoms with Gasteiger partial charge in [0.05, 0.1) is 6.10 Å². The highest BCUT2D eigenvalue weighted by atomic mass is 16.5. The van der Waals surface area contributed by atoms with Gasteiger partial charge in [0.15, 0.2) is 0 Å². The summed E-state index contributed by atoms with van der Waals surface area (Å²) in [4.78, 5) is 0. The fourth-order valence-electron chi connectivity index (χ4n) is 5.43. The van der Waals surface area contributed by atoms with Crippen LogP contribution in [0.2, 0.25) is 0 Å². The first kappa shape index (κ1) is 21.5. The molecule has 0 spiro atoms. The minimum absolute atomic E-state index is 0.00908. The summed E-state index contributed by atoms with van der Waals surface area (Å²) in [6, 6.07) is 4.13. The standard InChI is InChI=1S/C25H40O3/c1-6-7-8-9-10-13-24(2,3)17-14-21(27)23-19-16-18(26)11-12-20(19)25(4,5)28-22(23)15-17/h14-15,18-20,26-27H,6-13,16H2,1-5H3/t18?,19-,20-/m1/s1. The average molecular weight is 389 g/mol. The topological polar surface area (TPSA) is 49.7 Å². The summed E-state index contributed by atoms with van der Waals surface area (Å²) < 4.78 is 6.46. The van der Waals surface area contributed by atoms with Gasteiger partial charge in [0.2, 0.25) is 0 Å². The van der Waals surface area contributed by atoms with Crippen LogP contribution in [-0.4, -0.2) is 21.9 Å². The van der Waals surface area contributed by atoms with Crippen molar-refractivity contribution in [2.45, 2.75) is 115 Å². The molecule has 158 valence electrons. The second-order valence-corrected chi connectivity index (χ2v) is 10.3. The van der Waals surface area contributed by atoms with Crippen LogP contribution in [0.5, 0.6) is 11.5 Å². The first-order chi connectivity index (χ1) is 13.2. The monoisotopic (exact) mass is 388 g/mol. The van der Waals surface area contributed by atoms with E-state index in [0.717, 1.165) is 42.6 Å². The van der Waals surface area contributed by atoms with E-state index in [1.165, 1.54) is 32.1 Å². The number of aliphatic hydroxyl groups is 1. The quantitative estimate of drug-likeness (QED) is 0.528. The van der Waals surface area contributed by atoms with Crippen LogP contribution in [-0.2, 0) is 5.41 Å². The van der Waals surface area contributed by atoms with Crippen LogP contribution in [0.15, 0.2) is 12.1 Å². The number of benzene rings is 1. The number of phenolic OH excluding ortho intramolecular Hbond substituents is 1. The molecule has 1 aromatic rings. The summed E-state index contributed by atoms with van der Waals surface area (Å²) >= 11 is 0. The van der Waals surface area contributed by atoms with Crippen LogP contribution >= 0.6 is 0 Å². The number of rotatable bonds is 7. The Morgan fingerprint density at radius 2 is 1.82 bits per heavy atom. The van der Waals surface area contributed by atoms with E-state index >= 15 is 0 Å². The SMILES string of the molecule is CCCCCCCC(C)(C)c1cc(O)c2c(c1)OC(C)(C)[C@@H]1CCC(O)C[C@@H]21. The van der Waals surface area contributed by atoms with Gasteiger partial charge in [-0.15, -0.1) is 0 Å². The molecule has 28 heavy (non-hydrogen) atoms. The highest BCUT2D eigenvalue weighted by Crippen LogP contribution is 2.55. The van der Waals surface area contributed by atoms with Gasteiger partial charge in [-0.05, 0) is 62.6 Å². The molecule has 0 radical (unpaired) electrons. The Morgan fingerprint density at radius 3 is 2.54 bits per heavy atom. The molecule has 0 saturated heterocycles. The third-order valence-corrected chi connectivity index (χ3v) is 7.27. The van der Waals surface area contributed by atoms with Crippen LogP contribution in [0.1, 0.15) is 109 Å². The number of aliphatic hydroxyl groups excluding tert-OH is 1. The number of phenols is 1. The molecule has 2 N–H and O–H groups in total. The summed E-state index contributed by atoms with van der Waals surface area (Å²) in [5, 5.41) is 21.2. The van der Waals surface area contributed by atoms with E-state index in [4.69, 9.17) is 4.74 Å². The highest BCUT2D eigenvalue weighted by Gasteiger charge is 2.47. The Bertz CT molecular complexity index is 677. The molecule has 1 saturated carbocycles.